The molecule has 0 heterocycles. The van der Waals surface area contributed by atoms with Crippen LogP contribution in [0.4, 0.5) is 0 Å². The molecule has 0 aromatic heterocycles. The first-order valence-electron chi connectivity index (χ1n) is 7.65. The molecule has 3 heteroatoms. The summed E-state index contributed by atoms with van der Waals surface area (Å²) >= 11 is 0. The lowest BCUT2D eigenvalue weighted by atomic mass is 9.91. The fraction of sp³-hybridized carbons (Fsp3) is 0.647. The van der Waals surface area contributed by atoms with Gasteiger partial charge in [-0.2, -0.15) is 0 Å². The van der Waals surface area contributed by atoms with E-state index in [1.54, 1.807) is 7.11 Å². The van der Waals surface area contributed by atoms with Gasteiger partial charge in [0.25, 0.3) is 0 Å². The number of benzene rings is 1. The topological polar surface area (TPSA) is 47.3 Å². The summed E-state index contributed by atoms with van der Waals surface area (Å²) in [6, 6.07) is 8.17. The lowest BCUT2D eigenvalue weighted by molar-refractivity contribution is 0.314. The SMILES string of the molecule is CCC(CC)CNC(C)(CN)Cc1ccccc1OC. The summed E-state index contributed by atoms with van der Waals surface area (Å²) in [4.78, 5) is 0. The van der Waals surface area contributed by atoms with Crippen molar-refractivity contribution in [2.75, 3.05) is 20.2 Å². The Morgan fingerprint density at radius 1 is 1.25 bits per heavy atom. The number of hydrogen-bond acceptors (Lipinski definition) is 3. The minimum Gasteiger partial charge on any atom is -0.496 e. The van der Waals surface area contributed by atoms with Gasteiger partial charge >= 0.3 is 0 Å². The van der Waals surface area contributed by atoms with Crippen molar-refractivity contribution in [2.24, 2.45) is 11.7 Å². The van der Waals surface area contributed by atoms with Crippen LogP contribution in [0, 0.1) is 5.92 Å². The Kier molecular flexibility index (Phi) is 7.03. The van der Waals surface area contributed by atoms with Crippen molar-refractivity contribution in [2.45, 2.75) is 45.6 Å². The maximum atomic E-state index is 6.01. The van der Waals surface area contributed by atoms with Gasteiger partial charge < -0.3 is 15.8 Å². The van der Waals surface area contributed by atoms with E-state index in [2.05, 4.69) is 38.2 Å². The normalized spacial score (nSPS) is 14.3. The Morgan fingerprint density at radius 3 is 2.45 bits per heavy atom. The van der Waals surface area contributed by atoms with Gasteiger partial charge in [-0.3, -0.25) is 0 Å². The molecule has 1 atom stereocenters. The van der Waals surface area contributed by atoms with Crippen LogP contribution in [0.1, 0.15) is 39.2 Å². The average molecular weight is 278 g/mol. The van der Waals surface area contributed by atoms with Gasteiger partial charge in [-0.25, -0.2) is 0 Å². The molecule has 0 aliphatic rings. The molecule has 0 saturated heterocycles. The summed E-state index contributed by atoms with van der Waals surface area (Å²) in [6.07, 6.45) is 3.30. The van der Waals surface area contributed by atoms with Crippen LogP contribution in [0.3, 0.4) is 0 Å². The zero-order valence-electron chi connectivity index (χ0n) is 13.4. The van der Waals surface area contributed by atoms with Gasteiger partial charge in [-0.15, -0.1) is 0 Å². The molecule has 3 nitrogen and oxygen atoms in total. The molecule has 1 aromatic rings. The number of nitrogens with one attached hydrogen (secondary N) is 1. The molecule has 114 valence electrons. The van der Waals surface area contributed by atoms with E-state index < -0.39 is 0 Å². The molecule has 0 spiro atoms. The summed E-state index contributed by atoms with van der Waals surface area (Å²) < 4.78 is 5.44. The first-order valence-corrected chi connectivity index (χ1v) is 7.65. The number of para-hydroxylation sites is 1. The standard InChI is InChI=1S/C17H30N2O/c1-5-14(6-2)12-19-17(3,13-18)11-15-9-7-8-10-16(15)20-4/h7-10,14,19H,5-6,11-13,18H2,1-4H3. The number of ether oxygens (including phenoxy) is 1. The zero-order chi connectivity index (χ0) is 15.0. The third-order valence-corrected chi connectivity index (χ3v) is 4.20. The van der Waals surface area contributed by atoms with Crippen molar-refractivity contribution < 1.29 is 4.74 Å². The minimum absolute atomic E-state index is 0.0861. The Morgan fingerprint density at radius 2 is 1.90 bits per heavy atom. The molecule has 0 aliphatic heterocycles. The van der Waals surface area contributed by atoms with Crippen LogP contribution in [0.5, 0.6) is 5.75 Å². The highest BCUT2D eigenvalue weighted by molar-refractivity contribution is 5.34. The Balaban J connectivity index is 2.73. The van der Waals surface area contributed by atoms with Crippen molar-refractivity contribution in [1.82, 2.24) is 5.32 Å². The van der Waals surface area contributed by atoms with Gasteiger partial charge in [-0.05, 0) is 37.4 Å². The van der Waals surface area contributed by atoms with E-state index in [-0.39, 0.29) is 5.54 Å². The second-order valence-corrected chi connectivity index (χ2v) is 5.82. The molecule has 0 aliphatic carbocycles. The fourth-order valence-electron chi connectivity index (χ4n) is 2.44. The molecule has 20 heavy (non-hydrogen) atoms. The highest BCUT2D eigenvalue weighted by atomic mass is 16.5. The van der Waals surface area contributed by atoms with Gasteiger partial charge in [0.15, 0.2) is 0 Å². The van der Waals surface area contributed by atoms with Crippen molar-refractivity contribution in [1.29, 1.82) is 0 Å². The molecule has 1 aromatic carbocycles. The Labute approximate surface area is 123 Å². The van der Waals surface area contributed by atoms with Crippen molar-refractivity contribution in [3.8, 4) is 5.75 Å². The molecule has 0 fully saturated rings. The number of nitrogens with two attached hydrogens (primary N) is 1. The van der Waals surface area contributed by atoms with E-state index in [1.165, 1.54) is 18.4 Å². The number of hydrogen-bond donors (Lipinski definition) is 2. The lowest BCUT2D eigenvalue weighted by Crippen LogP contribution is -2.51. The lowest BCUT2D eigenvalue weighted by Gasteiger charge is -2.32. The van der Waals surface area contributed by atoms with E-state index in [0.29, 0.717) is 6.54 Å². The fourth-order valence-corrected chi connectivity index (χ4v) is 2.44. The number of rotatable bonds is 9. The average Bonchev–Trinajstić information content (AvgIpc) is 2.49. The largest absolute Gasteiger partial charge is 0.496 e. The van der Waals surface area contributed by atoms with Gasteiger partial charge in [0.2, 0.25) is 0 Å². The summed E-state index contributed by atoms with van der Waals surface area (Å²) in [5, 5.41) is 3.67. The van der Waals surface area contributed by atoms with Crippen LogP contribution in [-0.2, 0) is 6.42 Å². The minimum atomic E-state index is -0.0861. The molecule has 3 N–H and O–H groups in total. The molecule has 0 radical (unpaired) electrons. The van der Waals surface area contributed by atoms with Gasteiger partial charge in [0.05, 0.1) is 7.11 Å². The van der Waals surface area contributed by atoms with Crippen LogP contribution < -0.4 is 15.8 Å². The van der Waals surface area contributed by atoms with E-state index >= 15 is 0 Å². The third-order valence-electron chi connectivity index (χ3n) is 4.20. The predicted octanol–water partition coefficient (Wildman–Crippen LogP) is 2.98. The molecular formula is C17H30N2O. The van der Waals surface area contributed by atoms with Gasteiger partial charge in [0.1, 0.15) is 5.75 Å². The first kappa shape index (κ1) is 17.0. The van der Waals surface area contributed by atoms with Crippen LogP contribution in [-0.4, -0.2) is 25.7 Å². The second-order valence-electron chi connectivity index (χ2n) is 5.82. The van der Waals surface area contributed by atoms with Crippen LogP contribution >= 0.6 is 0 Å². The summed E-state index contributed by atoms with van der Waals surface area (Å²) in [6.45, 7) is 8.33. The molecular weight excluding hydrogens is 248 g/mol. The van der Waals surface area contributed by atoms with Crippen LogP contribution in [0.15, 0.2) is 24.3 Å². The quantitative estimate of drug-likeness (QED) is 0.730. The second kappa shape index (κ2) is 8.28. The predicted molar refractivity (Wildman–Crippen MR) is 86.2 cm³/mol. The molecule has 0 amide bonds. The maximum absolute atomic E-state index is 6.01. The van der Waals surface area contributed by atoms with E-state index in [1.807, 2.05) is 12.1 Å². The Bertz CT molecular complexity index is 390. The van der Waals surface area contributed by atoms with Crippen molar-refractivity contribution in [3.05, 3.63) is 29.8 Å². The van der Waals surface area contributed by atoms with E-state index in [0.717, 1.165) is 24.6 Å². The monoisotopic (exact) mass is 278 g/mol. The number of methoxy groups -OCH3 is 1. The third kappa shape index (κ3) is 4.80. The highest BCUT2D eigenvalue weighted by Gasteiger charge is 2.24. The van der Waals surface area contributed by atoms with Crippen molar-refractivity contribution >= 4 is 0 Å². The van der Waals surface area contributed by atoms with Gasteiger partial charge in [0, 0.05) is 12.1 Å². The van der Waals surface area contributed by atoms with Crippen LogP contribution in [0.25, 0.3) is 0 Å². The van der Waals surface area contributed by atoms with E-state index in [9.17, 15) is 0 Å². The van der Waals surface area contributed by atoms with E-state index in [4.69, 9.17) is 10.5 Å². The van der Waals surface area contributed by atoms with Crippen molar-refractivity contribution in [3.63, 3.8) is 0 Å². The Hall–Kier alpha value is -1.06. The summed E-state index contributed by atoms with van der Waals surface area (Å²) in [5.41, 5.74) is 7.13. The van der Waals surface area contributed by atoms with Gasteiger partial charge in [-0.1, -0.05) is 44.9 Å². The smallest absolute Gasteiger partial charge is 0.122 e. The summed E-state index contributed by atoms with van der Waals surface area (Å²) in [7, 11) is 1.72. The molecule has 0 saturated carbocycles. The zero-order valence-corrected chi connectivity index (χ0v) is 13.4. The molecule has 1 unspecified atom stereocenters. The maximum Gasteiger partial charge on any atom is 0.122 e. The highest BCUT2D eigenvalue weighted by Crippen LogP contribution is 2.23. The molecule has 1 rings (SSSR count). The molecule has 0 bridgehead atoms. The van der Waals surface area contributed by atoms with Crippen LogP contribution in [0.2, 0.25) is 0 Å². The first-order chi connectivity index (χ1) is 9.58. The summed E-state index contributed by atoms with van der Waals surface area (Å²) in [5.74, 6) is 1.66.